The zero-order valence-electron chi connectivity index (χ0n) is 12.3. The number of methoxy groups -OCH3 is 1. The summed E-state index contributed by atoms with van der Waals surface area (Å²) in [6, 6.07) is 16.1. The van der Waals surface area contributed by atoms with E-state index in [2.05, 4.69) is 23.6 Å². The molecule has 21 heavy (non-hydrogen) atoms. The van der Waals surface area contributed by atoms with Gasteiger partial charge in [0.15, 0.2) is 5.11 Å². The molecule has 4 heteroatoms. The van der Waals surface area contributed by atoms with Crippen LogP contribution in [-0.2, 0) is 13.0 Å². The van der Waals surface area contributed by atoms with E-state index in [4.69, 9.17) is 17.0 Å². The Morgan fingerprint density at radius 3 is 2.71 bits per heavy atom. The molecule has 2 aromatic carbocycles. The summed E-state index contributed by atoms with van der Waals surface area (Å²) in [7, 11) is 1.67. The van der Waals surface area contributed by atoms with Crippen LogP contribution in [0.2, 0.25) is 0 Å². The Balaban J connectivity index is 1.92. The highest BCUT2D eigenvalue weighted by Crippen LogP contribution is 2.15. The number of hydrogen-bond acceptors (Lipinski definition) is 2. The van der Waals surface area contributed by atoms with Gasteiger partial charge in [0.25, 0.3) is 0 Å². The lowest BCUT2D eigenvalue weighted by Gasteiger charge is -2.13. The van der Waals surface area contributed by atoms with Crippen molar-refractivity contribution >= 4 is 23.0 Å². The minimum atomic E-state index is 0.624. The quantitative estimate of drug-likeness (QED) is 0.824. The van der Waals surface area contributed by atoms with Crippen LogP contribution in [0.15, 0.2) is 48.5 Å². The Morgan fingerprint density at radius 2 is 1.95 bits per heavy atom. The van der Waals surface area contributed by atoms with Crippen molar-refractivity contribution in [1.29, 1.82) is 0 Å². The first kappa shape index (κ1) is 15.3. The smallest absolute Gasteiger partial charge is 0.171 e. The Bertz CT molecular complexity index is 613. The molecular weight excluding hydrogens is 280 g/mol. The SMILES string of the molecule is CCc1ccccc1NC(=S)NCc1cccc(OC)c1. The Labute approximate surface area is 131 Å². The van der Waals surface area contributed by atoms with Crippen LogP contribution in [-0.4, -0.2) is 12.2 Å². The second-order valence-corrected chi connectivity index (χ2v) is 5.08. The van der Waals surface area contributed by atoms with Gasteiger partial charge in [-0.05, 0) is 48.0 Å². The number of rotatable bonds is 5. The van der Waals surface area contributed by atoms with Crippen LogP contribution in [0, 0.1) is 0 Å². The first-order chi connectivity index (χ1) is 10.2. The van der Waals surface area contributed by atoms with Gasteiger partial charge in [-0.1, -0.05) is 37.3 Å². The number of nitrogens with one attached hydrogen (secondary N) is 2. The molecule has 0 amide bonds. The third-order valence-corrected chi connectivity index (χ3v) is 3.48. The van der Waals surface area contributed by atoms with E-state index in [0.29, 0.717) is 11.7 Å². The topological polar surface area (TPSA) is 33.3 Å². The second kappa shape index (κ2) is 7.64. The van der Waals surface area contributed by atoms with E-state index >= 15 is 0 Å². The standard InChI is InChI=1S/C17H20N2OS/c1-3-14-8-4-5-10-16(14)19-17(21)18-12-13-7-6-9-15(11-13)20-2/h4-11H,3,12H2,1-2H3,(H2,18,19,21). The summed E-state index contributed by atoms with van der Waals surface area (Å²) in [5.74, 6) is 0.851. The normalized spacial score (nSPS) is 10.0. The number of ether oxygens (including phenoxy) is 1. The summed E-state index contributed by atoms with van der Waals surface area (Å²) in [5.41, 5.74) is 3.44. The third-order valence-electron chi connectivity index (χ3n) is 3.23. The number of aryl methyl sites for hydroxylation is 1. The lowest BCUT2D eigenvalue weighted by Crippen LogP contribution is -2.28. The lowest BCUT2D eigenvalue weighted by molar-refractivity contribution is 0.414. The molecule has 0 aliphatic rings. The fourth-order valence-electron chi connectivity index (χ4n) is 2.08. The van der Waals surface area contributed by atoms with Gasteiger partial charge < -0.3 is 15.4 Å². The van der Waals surface area contributed by atoms with Crippen LogP contribution >= 0.6 is 12.2 Å². The van der Waals surface area contributed by atoms with E-state index in [-0.39, 0.29) is 0 Å². The van der Waals surface area contributed by atoms with Crippen LogP contribution in [0.5, 0.6) is 5.75 Å². The lowest BCUT2D eigenvalue weighted by atomic mass is 10.1. The van der Waals surface area contributed by atoms with Gasteiger partial charge in [-0.3, -0.25) is 0 Å². The maximum Gasteiger partial charge on any atom is 0.171 e. The average Bonchev–Trinajstić information content (AvgIpc) is 2.53. The molecule has 2 N–H and O–H groups in total. The third kappa shape index (κ3) is 4.46. The molecule has 2 aromatic rings. The van der Waals surface area contributed by atoms with Crippen molar-refractivity contribution in [2.24, 2.45) is 0 Å². The summed E-state index contributed by atoms with van der Waals surface area (Å²) in [5, 5.41) is 7.09. The van der Waals surface area contributed by atoms with Crippen molar-refractivity contribution in [3.63, 3.8) is 0 Å². The average molecular weight is 300 g/mol. The molecule has 0 aromatic heterocycles. The monoisotopic (exact) mass is 300 g/mol. The molecule has 0 unspecified atom stereocenters. The summed E-state index contributed by atoms with van der Waals surface area (Å²) in [4.78, 5) is 0. The van der Waals surface area contributed by atoms with Gasteiger partial charge in [-0.25, -0.2) is 0 Å². The molecule has 2 rings (SSSR count). The molecule has 0 atom stereocenters. The molecule has 0 radical (unpaired) electrons. The van der Waals surface area contributed by atoms with Gasteiger partial charge in [-0.2, -0.15) is 0 Å². The fraction of sp³-hybridized carbons (Fsp3) is 0.235. The molecule has 0 aliphatic carbocycles. The maximum absolute atomic E-state index is 5.35. The molecule has 0 bridgehead atoms. The maximum atomic E-state index is 5.35. The Kier molecular flexibility index (Phi) is 5.58. The first-order valence-corrected chi connectivity index (χ1v) is 7.39. The number of benzene rings is 2. The number of anilines is 1. The molecular formula is C17H20N2OS. The molecule has 0 spiro atoms. The van der Waals surface area contributed by atoms with Gasteiger partial charge in [0.2, 0.25) is 0 Å². The molecule has 0 saturated heterocycles. The predicted molar refractivity (Wildman–Crippen MR) is 91.9 cm³/mol. The van der Waals surface area contributed by atoms with Crippen LogP contribution in [0.1, 0.15) is 18.1 Å². The fourth-order valence-corrected chi connectivity index (χ4v) is 2.26. The van der Waals surface area contributed by atoms with Crippen molar-refractivity contribution in [3.05, 3.63) is 59.7 Å². The first-order valence-electron chi connectivity index (χ1n) is 6.98. The molecule has 0 aliphatic heterocycles. The van der Waals surface area contributed by atoms with Gasteiger partial charge in [0, 0.05) is 12.2 Å². The van der Waals surface area contributed by atoms with E-state index in [9.17, 15) is 0 Å². The van der Waals surface area contributed by atoms with Crippen molar-refractivity contribution < 1.29 is 4.74 Å². The zero-order chi connectivity index (χ0) is 15.1. The van der Waals surface area contributed by atoms with E-state index in [1.54, 1.807) is 7.11 Å². The highest BCUT2D eigenvalue weighted by atomic mass is 32.1. The van der Waals surface area contributed by atoms with Gasteiger partial charge in [-0.15, -0.1) is 0 Å². The van der Waals surface area contributed by atoms with Crippen LogP contribution in [0.4, 0.5) is 5.69 Å². The van der Waals surface area contributed by atoms with Crippen molar-refractivity contribution in [2.75, 3.05) is 12.4 Å². The summed E-state index contributed by atoms with van der Waals surface area (Å²) >= 11 is 5.35. The Hall–Kier alpha value is -2.07. The largest absolute Gasteiger partial charge is 0.497 e. The van der Waals surface area contributed by atoms with Gasteiger partial charge in [0.1, 0.15) is 5.75 Å². The highest BCUT2D eigenvalue weighted by molar-refractivity contribution is 7.80. The van der Waals surface area contributed by atoms with Crippen molar-refractivity contribution in [3.8, 4) is 5.75 Å². The van der Waals surface area contributed by atoms with Gasteiger partial charge in [0.05, 0.1) is 7.11 Å². The van der Waals surface area contributed by atoms with E-state index in [0.717, 1.165) is 23.4 Å². The Morgan fingerprint density at radius 1 is 1.14 bits per heavy atom. The predicted octanol–water partition coefficient (Wildman–Crippen LogP) is 3.74. The van der Waals surface area contributed by atoms with E-state index in [1.807, 2.05) is 42.5 Å². The van der Waals surface area contributed by atoms with Crippen LogP contribution < -0.4 is 15.4 Å². The molecule has 110 valence electrons. The van der Waals surface area contributed by atoms with Crippen LogP contribution in [0.25, 0.3) is 0 Å². The molecule has 0 heterocycles. The number of para-hydroxylation sites is 1. The second-order valence-electron chi connectivity index (χ2n) is 4.67. The van der Waals surface area contributed by atoms with E-state index in [1.165, 1.54) is 5.56 Å². The minimum absolute atomic E-state index is 0.624. The molecule has 0 fully saturated rings. The zero-order valence-corrected chi connectivity index (χ0v) is 13.2. The highest BCUT2D eigenvalue weighted by Gasteiger charge is 2.02. The number of thiocarbonyl (C=S) groups is 1. The van der Waals surface area contributed by atoms with Crippen molar-refractivity contribution in [2.45, 2.75) is 19.9 Å². The van der Waals surface area contributed by atoms with Crippen LogP contribution in [0.3, 0.4) is 0 Å². The summed E-state index contributed by atoms with van der Waals surface area (Å²) in [6.45, 7) is 2.80. The van der Waals surface area contributed by atoms with Gasteiger partial charge >= 0.3 is 0 Å². The number of hydrogen-bond donors (Lipinski definition) is 2. The minimum Gasteiger partial charge on any atom is -0.497 e. The summed E-state index contributed by atoms with van der Waals surface area (Å²) in [6.07, 6.45) is 0.974. The summed E-state index contributed by atoms with van der Waals surface area (Å²) < 4.78 is 5.21. The molecule has 3 nitrogen and oxygen atoms in total. The van der Waals surface area contributed by atoms with Crippen molar-refractivity contribution in [1.82, 2.24) is 5.32 Å². The van der Waals surface area contributed by atoms with E-state index < -0.39 is 0 Å². The molecule has 0 saturated carbocycles.